The van der Waals surface area contributed by atoms with E-state index in [4.69, 9.17) is 4.74 Å². The maximum absolute atomic E-state index is 12.3. The molecule has 0 bridgehead atoms. The summed E-state index contributed by atoms with van der Waals surface area (Å²) in [4.78, 5) is 24.7. The summed E-state index contributed by atoms with van der Waals surface area (Å²) in [5.41, 5.74) is 2.65. The van der Waals surface area contributed by atoms with Crippen LogP contribution in [0.5, 0.6) is 11.6 Å². The number of urea groups is 1. The lowest BCUT2D eigenvalue weighted by atomic mass is 9.87. The first-order valence-electron chi connectivity index (χ1n) is 10.1. The lowest BCUT2D eigenvalue weighted by molar-refractivity contribution is 0.262. The maximum atomic E-state index is 12.3. The van der Waals surface area contributed by atoms with E-state index in [-0.39, 0.29) is 11.4 Å². The van der Waals surface area contributed by atoms with E-state index in [0.717, 1.165) is 5.69 Å². The number of amides is 2. The lowest BCUT2D eigenvalue weighted by Crippen LogP contribution is -2.19. The molecule has 0 fully saturated rings. The Morgan fingerprint density at radius 3 is 2.19 bits per heavy atom. The molecule has 0 aliphatic carbocycles. The van der Waals surface area contributed by atoms with Gasteiger partial charge in [-0.15, -0.1) is 0 Å². The Bertz CT molecular complexity index is 1180. The summed E-state index contributed by atoms with van der Waals surface area (Å²) in [6.07, 6.45) is 6.54. The topological polar surface area (TPSA) is 94.0 Å². The molecule has 4 rings (SSSR count). The van der Waals surface area contributed by atoms with E-state index in [0.29, 0.717) is 23.1 Å². The first kappa shape index (κ1) is 21.0. The summed E-state index contributed by atoms with van der Waals surface area (Å²) in [5.74, 6) is 1.64. The van der Waals surface area contributed by atoms with Crippen molar-refractivity contribution in [3.63, 3.8) is 0 Å². The zero-order valence-corrected chi connectivity index (χ0v) is 18.1. The average molecular weight is 428 g/mol. The normalized spacial score (nSPS) is 11.1. The van der Waals surface area contributed by atoms with E-state index < -0.39 is 0 Å². The molecule has 2 N–H and O–H groups in total. The van der Waals surface area contributed by atoms with Crippen molar-refractivity contribution in [2.24, 2.45) is 0 Å². The highest BCUT2D eigenvalue weighted by Gasteiger charge is 2.13. The van der Waals surface area contributed by atoms with Crippen LogP contribution in [0.15, 0.2) is 79.6 Å². The van der Waals surface area contributed by atoms with Crippen molar-refractivity contribution in [3.05, 3.63) is 85.2 Å². The molecule has 0 radical (unpaired) electrons. The van der Waals surface area contributed by atoms with Gasteiger partial charge in [0.1, 0.15) is 24.2 Å². The molecule has 4 aromatic rings. The second-order valence-corrected chi connectivity index (χ2v) is 8.22. The van der Waals surface area contributed by atoms with Crippen LogP contribution >= 0.6 is 0 Å². The van der Waals surface area contributed by atoms with Crippen LogP contribution in [-0.2, 0) is 5.41 Å². The minimum atomic E-state index is -0.317. The first-order valence-corrected chi connectivity index (χ1v) is 10.1. The minimum absolute atomic E-state index is 0.0669. The summed E-state index contributed by atoms with van der Waals surface area (Å²) in [5, 5.41) is 5.65. The Morgan fingerprint density at radius 2 is 1.59 bits per heavy atom. The number of nitrogens with one attached hydrogen (secondary N) is 2. The van der Waals surface area contributed by atoms with Gasteiger partial charge in [0.2, 0.25) is 5.88 Å². The van der Waals surface area contributed by atoms with Crippen LogP contribution < -0.4 is 15.4 Å². The molecule has 2 aromatic carbocycles. The van der Waals surface area contributed by atoms with Crippen LogP contribution in [0.2, 0.25) is 0 Å². The Hall–Kier alpha value is -4.20. The number of hydrogen-bond acceptors (Lipinski definition) is 5. The molecule has 0 saturated heterocycles. The van der Waals surface area contributed by atoms with Gasteiger partial charge in [0.05, 0.1) is 0 Å². The third-order valence-corrected chi connectivity index (χ3v) is 4.74. The molecule has 0 aliphatic heterocycles. The molecule has 0 atom stereocenters. The van der Waals surface area contributed by atoms with Crippen molar-refractivity contribution in [2.45, 2.75) is 26.2 Å². The molecule has 0 aliphatic rings. The summed E-state index contributed by atoms with van der Waals surface area (Å²) >= 11 is 0. The number of imidazole rings is 1. The molecule has 2 amide bonds. The van der Waals surface area contributed by atoms with E-state index >= 15 is 0 Å². The second-order valence-electron chi connectivity index (χ2n) is 8.22. The van der Waals surface area contributed by atoms with Crippen molar-refractivity contribution >= 4 is 17.4 Å². The number of rotatable bonds is 5. The number of nitrogens with zero attached hydrogens (tertiary/aromatic N) is 4. The fourth-order valence-electron chi connectivity index (χ4n) is 3.00. The molecule has 2 heterocycles. The monoisotopic (exact) mass is 428 g/mol. The van der Waals surface area contributed by atoms with Gasteiger partial charge in [0.25, 0.3) is 0 Å². The Balaban J connectivity index is 1.35. The fourth-order valence-corrected chi connectivity index (χ4v) is 3.00. The second kappa shape index (κ2) is 8.89. The predicted molar refractivity (Wildman–Crippen MR) is 123 cm³/mol. The Kier molecular flexibility index (Phi) is 5.85. The number of aromatic nitrogens is 4. The molecule has 2 aromatic heterocycles. The molecule has 0 unspecified atom stereocenters. The van der Waals surface area contributed by atoms with E-state index in [2.05, 4.69) is 46.4 Å². The number of benzene rings is 2. The number of carbonyl (C=O) groups is 1. The van der Waals surface area contributed by atoms with Gasteiger partial charge in [-0.25, -0.2) is 19.7 Å². The molecule has 8 nitrogen and oxygen atoms in total. The number of hydrogen-bond donors (Lipinski definition) is 2. The predicted octanol–water partition coefficient (Wildman–Crippen LogP) is 5.40. The van der Waals surface area contributed by atoms with Gasteiger partial charge in [0, 0.05) is 29.8 Å². The van der Waals surface area contributed by atoms with Crippen molar-refractivity contribution in [3.8, 4) is 17.4 Å². The van der Waals surface area contributed by atoms with E-state index in [1.807, 2.05) is 24.3 Å². The maximum Gasteiger partial charge on any atom is 0.323 e. The van der Waals surface area contributed by atoms with Gasteiger partial charge >= 0.3 is 6.03 Å². The quantitative estimate of drug-likeness (QED) is 0.444. The molecule has 0 spiro atoms. The molecule has 0 saturated carbocycles. The highest BCUT2D eigenvalue weighted by Crippen LogP contribution is 2.24. The zero-order valence-electron chi connectivity index (χ0n) is 18.1. The van der Waals surface area contributed by atoms with E-state index in [9.17, 15) is 4.79 Å². The van der Waals surface area contributed by atoms with Crippen LogP contribution in [-0.4, -0.2) is 25.6 Å². The third-order valence-electron chi connectivity index (χ3n) is 4.74. The van der Waals surface area contributed by atoms with Gasteiger partial charge in [-0.2, -0.15) is 0 Å². The summed E-state index contributed by atoms with van der Waals surface area (Å²) < 4.78 is 7.56. The van der Waals surface area contributed by atoms with Crippen molar-refractivity contribution in [1.82, 2.24) is 19.5 Å². The van der Waals surface area contributed by atoms with E-state index in [1.165, 1.54) is 11.9 Å². The third kappa shape index (κ3) is 5.28. The number of ether oxygens (including phenoxy) is 1. The fraction of sp³-hybridized carbons (Fsp3) is 0.167. The van der Waals surface area contributed by atoms with Crippen molar-refractivity contribution in [1.29, 1.82) is 0 Å². The highest BCUT2D eigenvalue weighted by atomic mass is 16.5. The zero-order chi connectivity index (χ0) is 22.6. The number of carbonyl (C=O) groups excluding carboxylic acids is 1. The molecular weight excluding hydrogens is 404 g/mol. The van der Waals surface area contributed by atoms with Crippen molar-refractivity contribution < 1.29 is 9.53 Å². The SMILES string of the molecule is CC(C)(C)c1ccc(NC(=O)Nc2ccc(Oc3cc(-n4ccnc4)ncn3)cc2)cc1. The van der Waals surface area contributed by atoms with Gasteiger partial charge in [-0.1, -0.05) is 32.9 Å². The van der Waals surface area contributed by atoms with Crippen LogP contribution in [0, 0.1) is 0 Å². The summed E-state index contributed by atoms with van der Waals surface area (Å²) in [6.45, 7) is 6.46. The average Bonchev–Trinajstić information content (AvgIpc) is 3.30. The smallest absolute Gasteiger partial charge is 0.323 e. The van der Waals surface area contributed by atoms with Gasteiger partial charge < -0.3 is 15.4 Å². The van der Waals surface area contributed by atoms with Crippen LogP contribution in [0.4, 0.5) is 16.2 Å². The number of anilines is 2. The summed E-state index contributed by atoms with van der Waals surface area (Å²) in [6, 6.07) is 16.3. The minimum Gasteiger partial charge on any atom is -0.439 e. The molecule has 162 valence electrons. The molecule has 32 heavy (non-hydrogen) atoms. The van der Waals surface area contributed by atoms with Crippen LogP contribution in [0.1, 0.15) is 26.3 Å². The lowest BCUT2D eigenvalue weighted by Gasteiger charge is -2.19. The van der Waals surface area contributed by atoms with Crippen LogP contribution in [0.3, 0.4) is 0 Å². The van der Waals surface area contributed by atoms with Crippen molar-refractivity contribution in [2.75, 3.05) is 10.6 Å². The van der Waals surface area contributed by atoms with Gasteiger partial charge in [0.15, 0.2) is 0 Å². The largest absolute Gasteiger partial charge is 0.439 e. The molecular formula is C24H24N6O2. The highest BCUT2D eigenvalue weighted by molar-refractivity contribution is 5.99. The van der Waals surface area contributed by atoms with Gasteiger partial charge in [-0.05, 0) is 47.4 Å². The standard InChI is InChI=1S/C24H24N6O2/c1-24(2,3)17-4-6-18(7-5-17)28-23(31)29-19-8-10-20(11-9-19)32-22-14-21(26-15-27-22)30-13-12-25-16-30/h4-16H,1-3H3,(H2,28,29,31). The Labute approximate surface area is 186 Å². The van der Waals surface area contributed by atoms with Crippen LogP contribution in [0.25, 0.3) is 5.82 Å². The molecule has 8 heteroatoms. The summed E-state index contributed by atoms with van der Waals surface area (Å²) in [7, 11) is 0. The first-order chi connectivity index (χ1) is 15.4. The van der Waals surface area contributed by atoms with Gasteiger partial charge in [-0.3, -0.25) is 4.57 Å². The Morgan fingerprint density at radius 1 is 0.938 bits per heavy atom. The van der Waals surface area contributed by atoms with E-state index in [1.54, 1.807) is 53.6 Å².